The van der Waals surface area contributed by atoms with Gasteiger partial charge in [0.2, 0.25) is 0 Å². The molecule has 1 amide bonds. The molecule has 0 atom stereocenters. The number of amidine groups is 1. The maximum atomic E-state index is 12.3. The van der Waals surface area contributed by atoms with Crippen LogP contribution in [0.25, 0.3) is 0 Å². The minimum Gasteiger partial charge on any atom is -0.512 e. The molecule has 2 aromatic rings. The Morgan fingerprint density at radius 1 is 1.19 bits per heavy atom. The van der Waals surface area contributed by atoms with Crippen LogP contribution >= 0.6 is 0 Å². The molecule has 0 aliphatic carbocycles. The van der Waals surface area contributed by atoms with Gasteiger partial charge in [-0.1, -0.05) is 24.3 Å². The van der Waals surface area contributed by atoms with Crippen LogP contribution in [-0.4, -0.2) is 35.1 Å². The number of aliphatic hydroxyl groups excluding tert-OH is 1. The number of carbonyl (C=O) groups is 2. The lowest BCUT2D eigenvalue weighted by molar-refractivity contribution is -0.138. The van der Waals surface area contributed by atoms with Gasteiger partial charge < -0.3 is 14.3 Å². The van der Waals surface area contributed by atoms with Gasteiger partial charge in [-0.05, 0) is 26.0 Å². The van der Waals surface area contributed by atoms with E-state index in [0.29, 0.717) is 11.1 Å². The third-order valence-electron chi connectivity index (χ3n) is 3.66. The fraction of sp³-hybridized carbons (Fsp3) is 0.158. The highest BCUT2D eigenvalue weighted by Crippen LogP contribution is 2.25. The van der Waals surface area contributed by atoms with Crippen LogP contribution in [0, 0.1) is 0 Å². The van der Waals surface area contributed by atoms with Gasteiger partial charge >= 0.3 is 11.9 Å². The van der Waals surface area contributed by atoms with Crippen molar-refractivity contribution in [2.45, 2.75) is 13.8 Å². The van der Waals surface area contributed by atoms with Gasteiger partial charge in [-0.25, -0.2) is 9.79 Å². The molecule has 0 fully saturated rings. The van der Waals surface area contributed by atoms with Crippen LogP contribution in [0.15, 0.2) is 68.4 Å². The summed E-state index contributed by atoms with van der Waals surface area (Å²) in [5, 5.41) is 9.99. The summed E-state index contributed by atoms with van der Waals surface area (Å²) in [6.45, 7) is 3.20. The Kier molecular flexibility index (Phi) is 4.79. The van der Waals surface area contributed by atoms with Gasteiger partial charge in [0, 0.05) is 11.1 Å². The van der Waals surface area contributed by atoms with Crippen molar-refractivity contribution in [3.63, 3.8) is 0 Å². The first-order chi connectivity index (χ1) is 12.5. The zero-order chi connectivity index (χ0) is 18.7. The minimum absolute atomic E-state index is 0.0602. The molecule has 0 unspecified atom stereocenters. The molecule has 1 aliphatic rings. The van der Waals surface area contributed by atoms with Gasteiger partial charge in [0.05, 0.1) is 18.6 Å². The third kappa shape index (κ3) is 3.19. The number of aliphatic hydroxyl groups is 1. The smallest absolute Gasteiger partial charge is 0.343 e. The van der Waals surface area contributed by atoms with E-state index in [4.69, 9.17) is 9.15 Å². The predicted octanol–water partition coefficient (Wildman–Crippen LogP) is 3.06. The first kappa shape index (κ1) is 17.3. The molecular weight excluding hydrogens is 336 g/mol. The van der Waals surface area contributed by atoms with Crippen molar-refractivity contribution in [3.8, 4) is 0 Å². The van der Waals surface area contributed by atoms with Gasteiger partial charge in [0.1, 0.15) is 11.3 Å². The van der Waals surface area contributed by atoms with Crippen molar-refractivity contribution >= 4 is 23.4 Å². The molecule has 3 rings (SSSR count). The van der Waals surface area contributed by atoms with E-state index in [0.717, 1.165) is 0 Å². The van der Waals surface area contributed by atoms with E-state index < -0.39 is 11.9 Å². The van der Waals surface area contributed by atoms with Gasteiger partial charge in [-0.3, -0.25) is 4.79 Å². The quantitative estimate of drug-likeness (QED) is 0.518. The lowest BCUT2D eigenvalue weighted by atomic mass is 9.99. The summed E-state index contributed by atoms with van der Waals surface area (Å²) in [5.41, 5.74) is 1.31. The Hall–Kier alpha value is -3.48. The Morgan fingerprint density at radius 3 is 2.54 bits per heavy atom. The number of hydrogen-bond acceptors (Lipinski definition) is 5. The zero-order valence-corrected chi connectivity index (χ0v) is 14.2. The largest absolute Gasteiger partial charge is 0.512 e. The lowest BCUT2D eigenvalue weighted by Crippen LogP contribution is -2.18. The summed E-state index contributed by atoms with van der Waals surface area (Å²) in [4.78, 5) is 32.8. The van der Waals surface area contributed by atoms with E-state index in [1.807, 2.05) is 0 Å². The van der Waals surface area contributed by atoms with Crippen molar-refractivity contribution in [1.29, 1.82) is 0 Å². The second-order valence-electron chi connectivity index (χ2n) is 5.40. The molecule has 2 heterocycles. The second-order valence-corrected chi connectivity index (χ2v) is 5.40. The van der Waals surface area contributed by atoms with E-state index >= 15 is 0 Å². The van der Waals surface area contributed by atoms with Gasteiger partial charge in [0.25, 0.3) is 0 Å². The molecule has 1 aliphatic heterocycles. The third-order valence-corrected chi connectivity index (χ3v) is 3.66. The second kappa shape index (κ2) is 7.18. The summed E-state index contributed by atoms with van der Waals surface area (Å²) < 4.78 is 10.1. The molecule has 7 nitrogen and oxygen atoms in total. The number of carbonyl (C=O) groups excluding carboxylic acids is 2. The first-order valence-corrected chi connectivity index (χ1v) is 7.95. The molecule has 26 heavy (non-hydrogen) atoms. The maximum absolute atomic E-state index is 12.3. The minimum atomic E-state index is -0.695. The number of allylic oxidation sites excluding steroid dienone is 1. The van der Waals surface area contributed by atoms with Crippen LogP contribution < -0.4 is 0 Å². The standard InChI is InChI=1S/C19H16N2O5/c1-3-25-19(24)15(11(2)22)16-12-7-4-5-8-13(12)17(20-16)21-18(23)14-9-6-10-26-14/h4-10,22H,3H2,1-2H3. The van der Waals surface area contributed by atoms with E-state index in [2.05, 4.69) is 9.98 Å². The molecule has 1 aromatic carbocycles. The normalized spacial score (nSPS) is 15.3. The number of amides is 1. The summed E-state index contributed by atoms with van der Waals surface area (Å²) >= 11 is 0. The Bertz CT molecular complexity index is 948. The summed E-state index contributed by atoms with van der Waals surface area (Å²) in [6.07, 6.45) is 1.38. The molecular formula is C19H16N2O5. The van der Waals surface area contributed by atoms with Crippen LogP contribution in [0.3, 0.4) is 0 Å². The Balaban J connectivity index is 2.10. The number of furan rings is 1. The Labute approximate surface area is 149 Å². The van der Waals surface area contributed by atoms with E-state index in [1.165, 1.54) is 19.3 Å². The number of ether oxygens (including phenoxy) is 1. The zero-order valence-electron chi connectivity index (χ0n) is 14.2. The molecule has 1 aromatic heterocycles. The number of hydrogen-bond donors (Lipinski definition) is 1. The van der Waals surface area contributed by atoms with Crippen LogP contribution in [0.4, 0.5) is 0 Å². The van der Waals surface area contributed by atoms with Crippen molar-refractivity contribution in [3.05, 3.63) is 70.9 Å². The summed E-state index contributed by atoms with van der Waals surface area (Å²) in [5.74, 6) is -1.29. The average molecular weight is 352 g/mol. The van der Waals surface area contributed by atoms with Crippen LogP contribution in [0.5, 0.6) is 0 Å². The molecule has 0 spiro atoms. The van der Waals surface area contributed by atoms with Crippen molar-refractivity contribution < 1.29 is 23.8 Å². The van der Waals surface area contributed by atoms with Crippen LogP contribution in [0.2, 0.25) is 0 Å². The number of fused-ring (bicyclic) bond motifs is 1. The number of nitrogens with zero attached hydrogens (tertiary/aromatic N) is 2. The highest BCUT2D eigenvalue weighted by atomic mass is 16.5. The van der Waals surface area contributed by atoms with Crippen molar-refractivity contribution in [2.24, 2.45) is 9.98 Å². The predicted molar refractivity (Wildman–Crippen MR) is 94.5 cm³/mol. The molecule has 7 heteroatoms. The van der Waals surface area contributed by atoms with Crippen LogP contribution in [-0.2, 0) is 9.53 Å². The molecule has 1 N–H and O–H groups in total. The number of esters is 1. The van der Waals surface area contributed by atoms with E-state index in [1.54, 1.807) is 37.3 Å². The highest BCUT2D eigenvalue weighted by molar-refractivity contribution is 6.36. The number of aliphatic imine (C=N–C) groups is 2. The van der Waals surface area contributed by atoms with Gasteiger partial charge in [-0.2, -0.15) is 4.99 Å². The number of rotatable bonds is 4. The average Bonchev–Trinajstić information content (AvgIpc) is 3.25. The Morgan fingerprint density at radius 2 is 1.92 bits per heavy atom. The number of benzene rings is 1. The SMILES string of the molecule is CCOC(=O)C(C1=NC(=NC(=O)c2ccco2)c2ccccc21)=C(C)O. The van der Waals surface area contributed by atoms with Gasteiger partial charge in [-0.15, -0.1) is 0 Å². The molecule has 0 bridgehead atoms. The monoisotopic (exact) mass is 352 g/mol. The lowest BCUT2D eigenvalue weighted by Gasteiger charge is -2.08. The fourth-order valence-corrected chi connectivity index (χ4v) is 2.56. The van der Waals surface area contributed by atoms with Gasteiger partial charge in [0.15, 0.2) is 11.6 Å². The van der Waals surface area contributed by atoms with Crippen molar-refractivity contribution in [2.75, 3.05) is 6.61 Å². The summed E-state index contributed by atoms with van der Waals surface area (Å²) in [6, 6.07) is 10.1. The molecule has 0 radical (unpaired) electrons. The molecule has 0 saturated carbocycles. The topological polar surface area (TPSA) is 101 Å². The van der Waals surface area contributed by atoms with Crippen molar-refractivity contribution in [1.82, 2.24) is 0 Å². The van der Waals surface area contributed by atoms with E-state index in [9.17, 15) is 14.7 Å². The molecule has 132 valence electrons. The fourth-order valence-electron chi connectivity index (χ4n) is 2.56. The summed E-state index contributed by atoms with van der Waals surface area (Å²) in [7, 11) is 0. The molecule has 0 saturated heterocycles. The van der Waals surface area contributed by atoms with E-state index in [-0.39, 0.29) is 35.2 Å². The first-order valence-electron chi connectivity index (χ1n) is 7.95. The maximum Gasteiger partial charge on any atom is 0.343 e. The van der Waals surface area contributed by atoms with Crippen LogP contribution in [0.1, 0.15) is 35.5 Å². The highest BCUT2D eigenvalue weighted by Gasteiger charge is 2.30.